The lowest BCUT2D eigenvalue weighted by Gasteiger charge is -2.33. The maximum absolute atomic E-state index is 4.44. The molecule has 1 saturated heterocycles. The third kappa shape index (κ3) is 2.25. The van der Waals surface area contributed by atoms with Gasteiger partial charge in [-0.1, -0.05) is 6.07 Å². The monoisotopic (exact) mass is 258 g/mol. The van der Waals surface area contributed by atoms with E-state index in [1.54, 1.807) is 0 Å². The van der Waals surface area contributed by atoms with Crippen LogP contribution in [0.1, 0.15) is 44.0 Å². The van der Waals surface area contributed by atoms with Crippen LogP contribution in [0.5, 0.6) is 0 Å². The van der Waals surface area contributed by atoms with E-state index in [1.165, 1.54) is 31.5 Å². The van der Waals surface area contributed by atoms with Crippen molar-refractivity contribution in [3.8, 4) is 0 Å². The number of fused-ring (bicyclic) bond motifs is 1. The van der Waals surface area contributed by atoms with Gasteiger partial charge < -0.3 is 4.90 Å². The van der Waals surface area contributed by atoms with Gasteiger partial charge in [0.15, 0.2) is 5.65 Å². The van der Waals surface area contributed by atoms with Crippen molar-refractivity contribution in [2.24, 2.45) is 0 Å². The zero-order chi connectivity index (χ0) is 13.4. The molecule has 0 aliphatic carbocycles. The number of rotatable bonds is 2. The topological polar surface area (TPSA) is 33.4 Å². The van der Waals surface area contributed by atoms with E-state index in [-0.39, 0.29) is 0 Å². The average molecular weight is 258 g/mol. The van der Waals surface area contributed by atoms with Crippen LogP contribution in [-0.2, 0) is 0 Å². The van der Waals surface area contributed by atoms with Gasteiger partial charge in [0, 0.05) is 18.2 Å². The molecule has 0 atom stereocenters. The van der Waals surface area contributed by atoms with Crippen LogP contribution < -0.4 is 0 Å². The molecule has 0 bridgehead atoms. The van der Waals surface area contributed by atoms with Gasteiger partial charge in [0.2, 0.25) is 0 Å². The number of aryl methyl sites for hydroxylation is 1. The van der Waals surface area contributed by atoms with Gasteiger partial charge in [-0.05, 0) is 58.3 Å². The maximum Gasteiger partial charge on any atom is 0.163 e. The van der Waals surface area contributed by atoms with Crippen molar-refractivity contribution in [2.45, 2.75) is 45.6 Å². The van der Waals surface area contributed by atoms with E-state index < -0.39 is 0 Å². The predicted octanol–water partition coefficient (Wildman–Crippen LogP) is 2.63. The van der Waals surface area contributed by atoms with Crippen LogP contribution in [0.4, 0.5) is 0 Å². The fourth-order valence-electron chi connectivity index (χ4n) is 3.02. The van der Waals surface area contributed by atoms with Gasteiger partial charge in [0.25, 0.3) is 0 Å². The summed E-state index contributed by atoms with van der Waals surface area (Å²) >= 11 is 0. The molecule has 0 N–H and O–H groups in total. The van der Waals surface area contributed by atoms with Crippen molar-refractivity contribution < 1.29 is 0 Å². The quantitative estimate of drug-likeness (QED) is 0.830. The molecule has 0 amide bonds. The highest BCUT2D eigenvalue weighted by atomic mass is 15.3. The summed E-state index contributed by atoms with van der Waals surface area (Å²) < 4.78 is 2.17. The number of pyridine rings is 1. The van der Waals surface area contributed by atoms with Crippen molar-refractivity contribution in [2.75, 3.05) is 13.1 Å². The van der Waals surface area contributed by atoms with Crippen molar-refractivity contribution in [1.82, 2.24) is 19.5 Å². The second-order valence-corrected chi connectivity index (χ2v) is 5.85. The molecule has 102 valence electrons. The summed E-state index contributed by atoms with van der Waals surface area (Å²) in [6, 6.07) is 4.83. The highest BCUT2D eigenvalue weighted by Crippen LogP contribution is 2.28. The van der Waals surface area contributed by atoms with Crippen molar-refractivity contribution in [3.63, 3.8) is 0 Å². The lowest BCUT2D eigenvalue weighted by Crippen LogP contribution is -2.38. The van der Waals surface area contributed by atoms with E-state index in [9.17, 15) is 0 Å². The Balaban J connectivity index is 1.84. The van der Waals surface area contributed by atoms with E-state index in [0.717, 1.165) is 11.5 Å². The Morgan fingerprint density at radius 3 is 2.63 bits per heavy atom. The van der Waals surface area contributed by atoms with Gasteiger partial charge in [-0.15, -0.1) is 10.2 Å². The molecular formula is C15H22N4. The molecule has 19 heavy (non-hydrogen) atoms. The fraction of sp³-hybridized carbons (Fsp3) is 0.600. The number of hydrogen-bond acceptors (Lipinski definition) is 3. The van der Waals surface area contributed by atoms with Gasteiger partial charge in [-0.3, -0.25) is 4.40 Å². The van der Waals surface area contributed by atoms with E-state index >= 15 is 0 Å². The van der Waals surface area contributed by atoms with E-state index in [4.69, 9.17) is 0 Å². The first-order chi connectivity index (χ1) is 9.16. The minimum Gasteiger partial charge on any atom is -0.301 e. The first-order valence-electron chi connectivity index (χ1n) is 7.21. The van der Waals surface area contributed by atoms with Gasteiger partial charge in [-0.2, -0.15) is 0 Å². The molecule has 3 heterocycles. The number of nitrogens with zero attached hydrogens (tertiary/aromatic N) is 4. The van der Waals surface area contributed by atoms with Crippen LogP contribution >= 0.6 is 0 Å². The van der Waals surface area contributed by atoms with Gasteiger partial charge in [-0.25, -0.2) is 0 Å². The SMILES string of the molecule is Cc1cccn2c(C3CCN(C(C)C)CC3)nnc12. The van der Waals surface area contributed by atoms with Gasteiger partial charge in [0.1, 0.15) is 5.82 Å². The van der Waals surface area contributed by atoms with Gasteiger partial charge >= 0.3 is 0 Å². The molecule has 1 fully saturated rings. The molecule has 4 nitrogen and oxygen atoms in total. The molecule has 3 rings (SSSR count). The van der Waals surface area contributed by atoms with E-state index in [0.29, 0.717) is 12.0 Å². The molecule has 1 aliphatic heterocycles. The molecule has 2 aromatic heterocycles. The number of piperidine rings is 1. The van der Waals surface area contributed by atoms with E-state index in [1.807, 2.05) is 0 Å². The highest BCUT2D eigenvalue weighted by Gasteiger charge is 2.25. The lowest BCUT2D eigenvalue weighted by atomic mass is 9.95. The Morgan fingerprint density at radius 2 is 1.95 bits per heavy atom. The molecule has 0 saturated carbocycles. The average Bonchev–Trinajstić information content (AvgIpc) is 2.84. The summed E-state index contributed by atoms with van der Waals surface area (Å²) in [5, 5.41) is 8.79. The highest BCUT2D eigenvalue weighted by molar-refractivity contribution is 5.46. The largest absolute Gasteiger partial charge is 0.301 e. The Kier molecular flexibility index (Phi) is 3.27. The molecular weight excluding hydrogens is 236 g/mol. The van der Waals surface area contributed by atoms with Gasteiger partial charge in [0.05, 0.1) is 0 Å². The standard InChI is InChI=1S/C15H22N4/c1-11(2)18-9-6-13(7-10-18)15-17-16-14-12(3)5-4-8-19(14)15/h4-5,8,11,13H,6-7,9-10H2,1-3H3. The smallest absolute Gasteiger partial charge is 0.163 e. The van der Waals surface area contributed by atoms with Crippen LogP contribution in [0.3, 0.4) is 0 Å². The minimum atomic E-state index is 0.548. The fourth-order valence-corrected chi connectivity index (χ4v) is 3.02. The molecule has 4 heteroatoms. The third-order valence-electron chi connectivity index (χ3n) is 4.28. The van der Waals surface area contributed by atoms with Crippen LogP contribution in [0.15, 0.2) is 18.3 Å². The zero-order valence-corrected chi connectivity index (χ0v) is 12.0. The summed E-state index contributed by atoms with van der Waals surface area (Å²) in [7, 11) is 0. The van der Waals surface area contributed by atoms with Crippen LogP contribution in [0, 0.1) is 6.92 Å². The summed E-state index contributed by atoms with van der Waals surface area (Å²) in [4.78, 5) is 2.55. The Bertz CT molecular complexity index is 565. The zero-order valence-electron chi connectivity index (χ0n) is 12.0. The second-order valence-electron chi connectivity index (χ2n) is 5.85. The van der Waals surface area contributed by atoms with Crippen LogP contribution in [0.2, 0.25) is 0 Å². The number of hydrogen-bond donors (Lipinski definition) is 0. The lowest BCUT2D eigenvalue weighted by molar-refractivity contribution is 0.169. The first kappa shape index (κ1) is 12.6. The second kappa shape index (κ2) is 4.93. The normalized spacial score (nSPS) is 18.5. The Hall–Kier alpha value is -1.42. The summed E-state index contributed by atoms with van der Waals surface area (Å²) in [6.07, 6.45) is 4.46. The molecule has 0 aromatic carbocycles. The summed E-state index contributed by atoms with van der Waals surface area (Å²) in [5.41, 5.74) is 2.20. The third-order valence-corrected chi connectivity index (χ3v) is 4.28. The Labute approximate surface area is 114 Å². The number of likely N-dealkylation sites (tertiary alicyclic amines) is 1. The molecule has 0 spiro atoms. The molecule has 1 aliphatic rings. The van der Waals surface area contributed by atoms with Crippen molar-refractivity contribution in [1.29, 1.82) is 0 Å². The maximum atomic E-state index is 4.44. The summed E-state index contributed by atoms with van der Waals surface area (Å²) in [5.74, 6) is 1.69. The summed E-state index contributed by atoms with van der Waals surface area (Å²) in [6.45, 7) is 8.98. The molecule has 0 unspecified atom stereocenters. The van der Waals surface area contributed by atoms with Crippen molar-refractivity contribution in [3.05, 3.63) is 29.7 Å². The molecule has 2 aromatic rings. The Morgan fingerprint density at radius 1 is 1.21 bits per heavy atom. The molecule has 0 radical (unpaired) electrons. The minimum absolute atomic E-state index is 0.548. The first-order valence-corrected chi connectivity index (χ1v) is 7.21. The van der Waals surface area contributed by atoms with E-state index in [2.05, 4.69) is 58.6 Å². The van der Waals surface area contributed by atoms with Crippen molar-refractivity contribution >= 4 is 5.65 Å². The predicted molar refractivity (Wildman–Crippen MR) is 76.4 cm³/mol. The van der Waals surface area contributed by atoms with Crippen LogP contribution in [-0.4, -0.2) is 38.6 Å². The van der Waals surface area contributed by atoms with Crippen LogP contribution in [0.25, 0.3) is 5.65 Å². The number of aromatic nitrogens is 3.